The second-order valence-electron chi connectivity index (χ2n) is 8.92. The number of benzene rings is 2. The first kappa shape index (κ1) is 23.6. The number of aromatic nitrogens is 2. The highest BCUT2D eigenvalue weighted by molar-refractivity contribution is 7.17. The number of carbonyl (C=O) groups is 1. The minimum Gasteiger partial charge on any atom is -0.487 e. The molecule has 5 aromatic rings. The van der Waals surface area contributed by atoms with Gasteiger partial charge in [0.2, 0.25) is 5.91 Å². The summed E-state index contributed by atoms with van der Waals surface area (Å²) in [5.74, 6) is 1.40. The highest BCUT2D eigenvalue weighted by Gasteiger charge is 2.25. The van der Waals surface area contributed by atoms with Crippen molar-refractivity contribution in [1.29, 1.82) is 0 Å². The van der Waals surface area contributed by atoms with Crippen LogP contribution in [0.5, 0.6) is 11.5 Å². The first-order chi connectivity index (χ1) is 18.1. The van der Waals surface area contributed by atoms with Crippen LogP contribution in [0.15, 0.2) is 71.6 Å². The Kier molecular flexibility index (Phi) is 6.59. The molecule has 8 heteroatoms. The average Bonchev–Trinajstić information content (AvgIpc) is 3.47. The number of hydrogen-bond donors (Lipinski definition) is 0. The first-order valence-corrected chi connectivity index (χ1v) is 13.9. The summed E-state index contributed by atoms with van der Waals surface area (Å²) in [5.41, 5.74) is 4.78. The van der Waals surface area contributed by atoms with Crippen LogP contribution in [-0.4, -0.2) is 33.9 Å². The maximum Gasteiger partial charge on any atom is 0.229 e. The molecule has 0 saturated heterocycles. The molecule has 6 rings (SSSR count). The number of rotatable bonds is 6. The van der Waals surface area contributed by atoms with Gasteiger partial charge in [0, 0.05) is 39.3 Å². The molecule has 2 aromatic carbocycles. The third kappa shape index (κ3) is 5.08. The van der Waals surface area contributed by atoms with Gasteiger partial charge in [0.25, 0.3) is 0 Å². The Hall–Kier alpha value is -3.75. The zero-order chi connectivity index (χ0) is 25.2. The van der Waals surface area contributed by atoms with Crippen LogP contribution in [0.4, 0.5) is 0 Å². The summed E-state index contributed by atoms with van der Waals surface area (Å²) in [6, 6.07) is 18.4. The Balaban J connectivity index is 1.36. The molecule has 6 nitrogen and oxygen atoms in total. The molecule has 0 spiro atoms. The maximum absolute atomic E-state index is 13.2. The van der Waals surface area contributed by atoms with E-state index in [2.05, 4.69) is 45.7 Å². The Bertz CT molecular complexity index is 1560. The summed E-state index contributed by atoms with van der Waals surface area (Å²) in [4.78, 5) is 23.9. The third-order valence-corrected chi connectivity index (χ3v) is 8.13. The fraction of sp³-hybridized carbons (Fsp3) is 0.207. The Morgan fingerprint density at radius 1 is 1.08 bits per heavy atom. The smallest absolute Gasteiger partial charge is 0.229 e. The molecule has 0 unspecified atom stereocenters. The van der Waals surface area contributed by atoms with Crippen LogP contribution in [-0.2, 0) is 24.4 Å². The van der Waals surface area contributed by atoms with E-state index in [0.717, 1.165) is 33.1 Å². The predicted octanol–water partition coefficient (Wildman–Crippen LogP) is 6.27. The summed E-state index contributed by atoms with van der Waals surface area (Å²) in [6.45, 7) is 3.64. The molecule has 0 N–H and O–H groups in total. The summed E-state index contributed by atoms with van der Waals surface area (Å²) >= 11 is 3.29. The molecule has 0 atom stereocenters. The van der Waals surface area contributed by atoms with Crippen LogP contribution in [0.3, 0.4) is 0 Å². The second-order valence-corrected chi connectivity index (χ2v) is 10.9. The van der Waals surface area contributed by atoms with Crippen LogP contribution in [0.1, 0.15) is 22.0 Å². The van der Waals surface area contributed by atoms with Crippen LogP contribution < -0.4 is 9.47 Å². The van der Waals surface area contributed by atoms with Gasteiger partial charge in [0.15, 0.2) is 11.5 Å². The second kappa shape index (κ2) is 10.3. The standard InChI is InChI=1S/C29H25N3O3S2/c1-19-31-23(17-36-19)14-28(33)32-10-11-34-29-21(15-32)12-20(25-18-37-27-8-3-2-7-24(25)27)13-26(29)35-16-22-6-4-5-9-30-22/h2-9,12-13,17-18H,10-11,14-16H2,1H3. The quantitative estimate of drug-likeness (QED) is 0.260. The van der Waals surface area contributed by atoms with Gasteiger partial charge in [-0.2, -0.15) is 0 Å². The van der Waals surface area contributed by atoms with Gasteiger partial charge in [-0.3, -0.25) is 9.78 Å². The number of thiazole rings is 1. The van der Waals surface area contributed by atoms with Crippen LogP contribution >= 0.6 is 22.7 Å². The van der Waals surface area contributed by atoms with Gasteiger partial charge in [-0.05, 0) is 48.2 Å². The van der Waals surface area contributed by atoms with Crippen molar-refractivity contribution in [2.75, 3.05) is 13.2 Å². The van der Waals surface area contributed by atoms with E-state index < -0.39 is 0 Å². The maximum atomic E-state index is 13.2. The molecule has 0 bridgehead atoms. The molecular formula is C29H25N3O3S2. The monoisotopic (exact) mass is 527 g/mol. The number of amides is 1. The lowest BCUT2D eigenvalue weighted by Gasteiger charge is -2.20. The van der Waals surface area contributed by atoms with Gasteiger partial charge in [0.05, 0.1) is 29.4 Å². The van der Waals surface area contributed by atoms with Crippen molar-refractivity contribution in [3.8, 4) is 22.6 Å². The van der Waals surface area contributed by atoms with Crippen molar-refractivity contribution in [1.82, 2.24) is 14.9 Å². The zero-order valence-corrected chi connectivity index (χ0v) is 22.0. The average molecular weight is 528 g/mol. The molecule has 4 heterocycles. The minimum absolute atomic E-state index is 0.0455. The van der Waals surface area contributed by atoms with Crippen molar-refractivity contribution in [2.24, 2.45) is 0 Å². The Morgan fingerprint density at radius 2 is 1.97 bits per heavy atom. The van der Waals surface area contributed by atoms with Gasteiger partial charge in [0.1, 0.15) is 13.2 Å². The van der Waals surface area contributed by atoms with Crippen LogP contribution in [0.2, 0.25) is 0 Å². The number of fused-ring (bicyclic) bond motifs is 2. The number of pyridine rings is 1. The molecule has 0 radical (unpaired) electrons. The normalized spacial score (nSPS) is 13.2. The van der Waals surface area contributed by atoms with Gasteiger partial charge >= 0.3 is 0 Å². The molecule has 0 fully saturated rings. The highest BCUT2D eigenvalue weighted by Crippen LogP contribution is 2.42. The van der Waals surface area contributed by atoms with E-state index in [-0.39, 0.29) is 12.3 Å². The van der Waals surface area contributed by atoms with E-state index in [0.29, 0.717) is 37.8 Å². The van der Waals surface area contributed by atoms with Crippen LogP contribution in [0.25, 0.3) is 21.2 Å². The van der Waals surface area contributed by atoms with E-state index >= 15 is 0 Å². The van der Waals surface area contributed by atoms with E-state index in [4.69, 9.17) is 9.47 Å². The molecule has 37 heavy (non-hydrogen) atoms. The van der Waals surface area contributed by atoms with Gasteiger partial charge in [-0.1, -0.05) is 24.3 Å². The number of carbonyl (C=O) groups excluding carboxylic acids is 1. The largest absolute Gasteiger partial charge is 0.487 e. The van der Waals surface area contributed by atoms with Gasteiger partial charge in [-0.25, -0.2) is 4.98 Å². The molecule has 1 aliphatic heterocycles. The summed E-state index contributed by atoms with van der Waals surface area (Å²) in [7, 11) is 0. The topological polar surface area (TPSA) is 64.6 Å². The number of aryl methyl sites for hydroxylation is 1. The molecule has 3 aromatic heterocycles. The van der Waals surface area contributed by atoms with E-state index in [9.17, 15) is 4.79 Å². The van der Waals surface area contributed by atoms with E-state index in [1.165, 1.54) is 10.1 Å². The molecule has 186 valence electrons. The Labute approximate surface area is 223 Å². The lowest BCUT2D eigenvalue weighted by molar-refractivity contribution is -0.131. The molecular weight excluding hydrogens is 502 g/mol. The minimum atomic E-state index is 0.0455. The summed E-state index contributed by atoms with van der Waals surface area (Å²) < 4.78 is 13.7. The molecule has 0 aliphatic carbocycles. The highest BCUT2D eigenvalue weighted by atomic mass is 32.1. The van der Waals surface area contributed by atoms with E-state index in [1.54, 1.807) is 28.9 Å². The van der Waals surface area contributed by atoms with Gasteiger partial charge in [-0.15, -0.1) is 22.7 Å². The van der Waals surface area contributed by atoms with Crippen molar-refractivity contribution >= 4 is 38.7 Å². The molecule has 0 saturated carbocycles. The lowest BCUT2D eigenvalue weighted by Crippen LogP contribution is -2.33. The van der Waals surface area contributed by atoms with E-state index in [1.807, 2.05) is 41.5 Å². The zero-order valence-electron chi connectivity index (χ0n) is 20.3. The molecule has 1 aliphatic rings. The van der Waals surface area contributed by atoms with Crippen molar-refractivity contribution in [2.45, 2.75) is 26.5 Å². The summed E-state index contributed by atoms with van der Waals surface area (Å²) in [6.07, 6.45) is 2.05. The van der Waals surface area contributed by atoms with Crippen LogP contribution in [0, 0.1) is 6.92 Å². The number of thiophene rings is 1. The number of hydrogen-bond acceptors (Lipinski definition) is 7. The van der Waals surface area contributed by atoms with Crippen molar-refractivity contribution in [3.63, 3.8) is 0 Å². The van der Waals surface area contributed by atoms with Crippen molar-refractivity contribution < 1.29 is 14.3 Å². The summed E-state index contributed by atoms with van der Waals surface area (Å²) in [5, 5.41) is 6.30. The Morgan fingerprint density at radius 3 is 2.81 bits per heavy atom. The van der Waals surface area contributed by atoms with Gasteiger partial charge < -0.3 is 14.4 Å². The fourth-order valence-electron chi connectivity index (χ4n) is 4.55. The SMILES string of the molecule is Cc1nc(CC(=O)N2CCOc3c(cc(-c4csc5ccccc45)cc3OCc3ccccn3)C2)cs1. The van der Waals surface area contributed by atoms with Crippen molar-refractivity contribution in [3.05, 3.63) is 93.5 Å². The molecule has 1 amide bonds. The first-order valence-electron chi connectivity index (χ1n) is 12.1. The fourth-order valence-corrected chi connectivity index (χ4v) is 6.13. The predicted molar refractivity (Wildman–Crippen MR) is 147 cm³/mol. The number of nitrogens with zero attached hydrogens (tertiary/aromatic N) is 3. The third-order valence-electron chi connectivity index (χ3n) is 6.35. The lowest BCUT2D eigenvalue weighted by atomic mass is 10.0. The number of ether oxygens (including phenoxy) is 2.